The highest BCUT2D eigenvalue weighted by molar-refractivity contribution is 4.68. The lowest BCUT2D eigenvalue weighted by molar-refractivity contribution is 0.282. The molecule has 0 aromatic carbocycles. The van der Waals surface area contributed by atoms with Crippen LogP contribution in [-0.2, 0) is 0 Å². The lowest BCUT2D eigenvalue weighted by Crippen LogP contribution is -2.37. The van der Waals surface area contributed by atoms with Gasteiger partial charge in [0, 0.05) is 19.2 Å². The highest BCUT2D eigenvalue weighted by Crippen LogP contribution is 2.03. The first kappa shape index (κ1) is 13.9. The van der Waals surface area contributed by atoms with Crippen LogP contribution in [0.25, 0.3) is 0 Å². The maximum atomic E-state index is 8.60. The molecule has 0 bridgehead atoms. The molecule has 0 saturated carbocycles. The van der Waals surface area contributed by atoms with Crippen molar-refractivity contribution in [1.82, 2.24) is 5.32 Å². The maximum Gasteiger partial charge on any atom is 0.0431 e. The first-order chi connectivity index (χ1) is 6.70. The van der Waals surface area contributed by atoms with Crippen molar-refractivity contribution in [2.75, 3.05) is 19.7 Å². The summed E-state index contributed by atoms with van der Waals surface area (Å²) in [5.74, 6) is 0.702. The number of aliphatic hydroxyl groups is 1. The van der Waals surface area contributed by atoms with Crippen molar-refractivity contribution in [3.63, 3.8) is 0 Å². The van der Waals surface area contributed by atoms with Crippen LogP contribution >= 0.6 is 0 Å². The van der Waals surface area contributed by atoms with Crippen molar-refractivity contribution in [3.05, 3.63) is 0 Å². The second kappa shape index (κ2) is 9.44. The number of unbranched alkanes of at least 4 members (excludes halogenated alkanes) is 2. The Balaban J connectivity index is 3.33. The van der Waals surface area contributed by atoms with E-state index in [1.165, 1.54) is 0 Å². The van der Waals surface area contributed by atoms with Crippen LogP contribution in [0, 0.1) is 5.92 Å². The van der Waals surface area contributed by atoms with Gasteiger partial charge in [-0.1, -0.05) is 13.8 Å². The molecule has 0 spiro atoms. The van der Waals surface area contributed by atoms with E-state index in [2.05, 4.69) is 19.2 Å². The van der Waals surface area contributed by atoms with E-state index in [0.717, 1.165) is 38.8 Å². The first-order valence-corrected chi connectivity index (χ1v) is 5.75. The molecule has 3 nitrogen and oxygen atoms in total. The molecule has 0 saturated heterocycles. The summed E-state index contributed by atoms with van der Waals surface area (Å²) in [6.07, 6.45) is 4.30. The van der Waals surface area contributed by atoms with Gasteiger partial charge in [0.15, 0.2) is 0 Å². The molecule has 0 aromatic heterocycles. The van der Waals surface area contributed by atoms with Gasteiger partial charge in [-0.15, -0.1) is 0 Å². The monoisotopic (exact) mass is 202 g/mol. The molecule has 0 rings (SSSR count). The summed E-state index contributed by atoms with van der Waals surface area (Å²) in [6, 6.07) is 0.462. The predicted octanol–water partition coefficient (Wildman–Crippen LogP) is 1.11. The standard InChI is InChI=1S/C11H26N2O/c1-10(2)8-11(9-12)13-6-4-3-5-7-14/h10-11,13-14H,3-9,12H2,1-2H3. The summed E-state index contributed by atoms with van der Waals surface area (Å²) in [5, 5.41) is 12.1. The number of nitrogens with two attached hydrogens (primary N) is 1. The Hall–Kier alpha value is -0.120. The van der Waals surface area contributed by atoms with E-state index in [1.807, 2.05) is 0 Å². The molecule has 3 heteroatoms. The Morgan fingerprint density at radius 3 is 2.43 bits per heavy atom. The van der Waals surface area contributed by atoms with Crippen LogP contribution in [-0.4, -0.2) is 30.8 Å². The first-order valence-electron chi connectivity index (χ1n) is 5.75. The molecule has 0 amide bonds. The zero-order valence-electron chi connectivity index (χ0n) is 9.63. The Morgan fingerprint density at radius 2 is 1.93 bits per heavy atom. The van der Waals surface area contributed by atoms with E-state index < -0.39 is 0 Å². The Bertz CT molecular complexity index is 118. The number of aliphatic hydroxyl groups excluding tert-OH is 1. The minimum Gasteiger partial charge on any atom is -0.396 e. The average Bonchev–Trinajstić information content (AvgIpc) is 2.15. The molecule has 1 atom stereocenters. The second-order valence-electron chi connectivity index (χ2n) is 4.30. The quantitative estimate of drug-likeness (QED) is 0.491. The lowest BCUT2D eigenvalue weighted by atomic mass is 10.0. The van der Waals surface area contributed by atoms with E-state index in [-0.39, 0.29) is 0 Å². The number of hydrogen-bond donors (Lipinski definition) is 3. The Labute approximate surface area is 88.1 Å². The van der Waals surface area contributed by atoms with Crippen LogP contribution in [0.3, 0.4) is 0 Å². The van der Waals surface area contributed by atoms with Gasteiger partial charge in [0.2, 0.25) is 0 Å². The van der Waals surface area contributed by atoms with Gasteiger partial charge in [0.05, 0.1) is 0 Å². The molecule has 0 heterocycles. The van der Waals surface area contributed by atoms with Crippen LogP contribution in [0.1, 0.15) is 39.5 Å². The van der Waals surface area contributed by atoms with Gasteiger partial charge in [-0.05, 0) is 38.1 Å². The highest BCUT2D eigenvalue weighted by atomic mass is 16.2. The fourth-order valence-electron chi connectivity index (χ4n) is 1.55. The zero-order valence-corrected chi connectivity index (χ0v) is 9.63. The lowest BCUT2D eigenvalue weighted by Gasteiger charge is -2.18. The minimum absolute atomic E-state index is 0.312. The zero-order chi connectivity index (χ0) is 10.8. The summed E-state index contributed by atoms with van der Waals surface area (Å²) >= 11 is 0. The van der Waals surface area contributed by atoms with Gasteiger partial charge in [0.25, 0.3) is 0 Å². The van der Waals surface area contributed by atoms with E-state index in [1.54, 1.807) is 0 Å². The van der Waals surface area contributed by atoms with E-state index in [9.17, 15) is 0 Å². The van der Waals surface area contributed by atoms with Crippen molar-refractivity contribution in [2.24, 2.45) is 11.7 Å². The van der Waals surface area contributed by atoms with Gasteiger partial charge < -0.3 is 16.2 Å². The van der Waals surface area contributed by atoms with Crippen molar-refractivity contribution in [3.8, 4) is 0 Å². The summed E-state index contributed by atoms with van der Waals surface area (Å²) < 4.78 is 0. The van der Waals surface area contributed by atoms with Crippen molar-refractivity contribution < 1.29 is 5.11 Å². The van der Waals surface area contributed by atoms with Gasteiger partial charge in [-0.3, -0.25) is 0 Å². The van der Waals surface area contributed by atoms with Crippen LogP contribution in [0.15, 0.2) is 0 Å². The van der Waals surface area contributed by atoms with E-state index in [0.29, 0.717) is 18.6 Å². The summed E-state index contributed by atoms with van der Waals surface area (Å²) in [7, 11) is 0. The number of nitrogens with one attached hydrogen (secondary N) is 1. The van der Waals surface area contributed by atoms with Gasteiger partial charge in [0.1, 0.15) is 0 Å². The van der Waals surface area contributed by atoms with E-state index >= 15 is 0 Å². The molecule has 14 heavy (non-hydrogen) atoms. The molecule has 86 valence electrons. The third kappa shape index (κ3) is 8.48. The van der Waals surface area contributed by atoms with Crippen LogP contribution in [0.4, 0.5) is 0 Å². The molecule has 0 aliphatic carbocycles. The summed E-state index contributed by atoms with van der Waals surface area (Å²) in [4.78, 5) is 0. The van der Waals surface area contributed by atoms with Gasteiger partial charge in [-0.25, -0.2) is 0 Å². The third-order valence-electron chi connectivity index (χ3n) is 2.31. The number of rotatable bonds is 9. The molecule has 0 fully saturated rings. The smallest absolute Gasteiger partial charge is 0.0431 e. The molecule has 4 N–H and O–H groups in total. The molecule has 0 aliphatic heterocycles. The summed E-state index contributed by atoms with van der Waals surface area (Å²) in [5.41, 5.74) is 5.66. The molecular formula is C11H26N2O. The highest BCUT2D eigenvalue weighted by Gasteiger charge is 2.07. The minimum atomic E-state index is 0.312. The fourth-order valence-corrected chi connectivity index (χ4v) is 1.55. The molecule has 0 aliphatic rings. The molecular weight excluding hydrogens is 176 g/mol. The third-order valence-corrected chi connectivity index (χ3v) is 2.31. The largest absolute Gasteiger partial charge is 0.396 e. The normalized spacial score (nSPS) is 13.5. The van der Waals surface area contributed by atoms with Crippen molar-refractivity contribution >= 4 is 0 Å². The summed E-state index contributed by atoms with van der Waals surface area (Å²) in [6.45, 7) is 6.49. The molecule has 0 radical (unpaired) electrons. The van der Waals surface area contributed by atoms with E-state index in [4.69, 9.17) is 10.8 Å². The van der Waals surface area contributed by atoms with Gasteiger partial charge >= 0.3 is 0 Å². The Kier molecular flexibility index (Phi) is 9.35. The molecule has 1 unspecified atom stereocenters. The Morgan fingerprint density at radius 1 is 1.21 bits per heavy atom. The van der Waals surface area contributed by atoms with Crippen LogP contribution in [0.2, 0.25) is 0 Å². The topological polar surface area (TPSA) is 58.3 Å². The maximum absolute atomic E-state index is 8.60. The number of hydrogen-bond acceptors (Lipinski definition) is 3. The average molecular weight is 202 g/mol. The van der Waals surface area contributed by atoms with Gasteiger partial charge in [-0.2, -0.15) is 0 Å². The fraction of sp³-hybridized carbons (Fsp3) is 1.00. The molecule has 0 aromatic rings. The second-order valence-corrected chi connectivity index (χ2v) is 4.30. The predicted molar refractivity (Wildman–Crippen MR) is 61.2 cm³/mol. The van der Waals surface area contributed by atoms with Crippen molar-refractivity contribution in [1.29, 1.82) is 0 Å². The van der Waals surface area contributed by atoms with Crippen LogP contribution in [0.5, 0.6) is 0 Å². The van der Waals surface area contributed by atoms with Crippen molar-refractivity contribution in [2.45, 2.75) is 45.6 Å². The van der Waals surface area contributed by atoms with Crippen LogP contribution < -0.4 is 11.1 Å². The SMILES string of the molecule is CC(C)CC(CN)NCCCCCO.